The van der Waals surface area contributed by atoms with Crippen molar-refractivity contribution in [3.63, 3.8) is 0 Å². The van der Waals surface area contributed by atoms with Gasteiger partial charge in [-0.3, -0.25) is 4.98 Å². The van der Waals surface area contributed by atoms with E-state index >= 15 is 0 Å². The van der Waals surface area contributed by atoms with E-state index in [1.807, 2.05) is 12.3 Å². The molecular formula is C26H28N2O. The Kier molecular flexibility index (Phi) is 3.10. The summed E-state index contributed by atoms with van der Waals surface area (Å²) in [6.07, 6.45) is 8.86. The van der Waals surface area contributed by atoms with Crippen LogP contribution in [0.2, 0.25) is 0 Å². The van der Waals surface area contributed by atoms with E-state index in [1.165, 1.54) is 54.7 Å². The second-order valence-electron chi connectivity index (χ2n) is 10.2. The average molecular weight is 385 g/mol. The highest BCUT2D eigenvalue weighted by molar-refractivity contribution is 5.82. The summed E-state index contributed by atoms with van der Waals surface area (Å²) in [5.74, 6) is 4.52. The molecule has 0 unspecified atom stereocenters. The predicted octanol–water partition coefficient (Wildman–Crippen LogP) is 6.37. The van der Waals surface area contributed by atoms with Crippen LogP contribution < -0.4 is 4.90 Å². The molecule has 148 valence electrons. The quantitative estimate of drug-likeness (QED) is 0.488. The third kappa shape index (κ3) is 1.88. The van der Waals surface area contributed by atoms with Crippen molar-refractivity contribution >= 4 is 16.8 Å². The van der Waals surface area contributed by atoms with Crippen molar-refractivity contribution in [2.75, 3.05) is 4.90 Å². The molecule has 1 spiro atoms. The normalized spacial score (nSPS) is 37.0. The zero-order valence-corrected chi connectivity index (χ0v) is 17.3. The smallest absolute Gasteiger partial charge is 0.153 e. The van der Waals surface area contributed by atoms with Gasteiger partial charge in [0.2, 0.25) is 0 Å². The number of aryl methyl sites for hydroxylation is 1. The van der Waals surface area contributed by atoms with Crippen molar-refractivity contribution in [2.24, 2.45) is 23.7 Å². The van der Waals surface area contributed by atoms with Crippen molar-refractivity contribution in [2.45, 2.75) is 57.5 Å². The Morgan fingerprint density at radius 1 is 0.966 bits per heavy atom. The van der Waals surface area contributed by atoms with E-state index in [0.29, 0.717) is 17.9 Å². The van der Waals surface area contributed by atoms with E-state index in [4.69, 9.17) is 9.40 Å². The van der Waals surface area contributed by atoms with Gasteiger partial charge < -0.3 is 9.32 Å². The van der Waals surface area contributed by atoms with Crippen LogP contribution in [0.25, 0.3) is 11.1 Å². The van der Waals surface area contributed by atoms with E-state index in [0.717, 1.165) is 22.9 Å². The number of pyridine rings is 1. The summed E-state index contributed by atoms with van der Waals surface area (Å²) in [7, 11) is 0. The molecule has 3 heterocycles. The maximum Gasteiger partial charge on any atom is 0.153 e. The monoisotopic (exact) mass is 384 g/mol. The van der Waals surface area contributed by atoms with Gasteiger partial charge in [-0.15, -0.1) is 0 Å². The lowest BCUT2D eigenvalue weighted by molar-refractivity contribution is -0.0679. The number of para-hydroxylation sites is 1. The van der Waals surface area contributed by atoms with Crippen molar-refractivity contribution in [3.8, 4) is 0 Å². The van der Waals surface area contributed by atoms with Crippen LogP contribution in [0.3, 0.4) is 0 Å². The Morgan fingerprint density at radius 2 is 1.69 bits per heavy atom. The maximum atomic E-state index is 6.75. The zero-order valence-electron chi connectivity index (χ0n) is 17.3. The van der Waals surface area contributed by atoms with Gasteiger partial charge in [0.15, 0.2) is 5.58 Å². The highest BCUT2D eigenvalue weighted by Crippen LogP contribution is 2.69. The van der Waals surface area contributed by atoms with Crippen LogP contribution in [0.5, 0.6) is 0 Å². The summed E-state index contributed by atoms with van der Waals surface area (Å²) in [6, 6.07) is 13.4. The molecule has 0 radical (unpaired) electrons. The van der Waals surface area contributed by atoms with E-state index in [9.17, 15) is 0 Å². The number of anilines is 1. The fourth-order valence-corrected chi connectivity index (χ4v) is 8.10. The molecule has 1 atom stereocenters. The van der Waals surface area contributed by atoms with Crippen LogP contribution >= 0.6 is 0 Å². The number of aromatic nitrogens is 1. The number of rotatable bonds is 1. The molecule has 1 aliphatic heterocycles. The molecule has 4 fully saturated rings. The van der Waals surface area contributed by atoms with Crippen LogP contribution in [0.4, 0.5) is 5.69 Å². The Hall–Kier alpha value is -2.29. The lowest BCUT2D eigenvalue weighted by atomic mass is 9.48. The molecule has 4 bridgehead atoms. The lowest BCUT2D eigenvalue weighted by Gasteiger charge is -2.63. The molecule has 3 nitrogen and oxygen atoms in total. The highest BCUT2D eigenvalue weighted by atomic mass is 16.3. The van der Waals surface area contributed by atoms with Gasteiger partial charge in [0.25, 0.3) is 0 Å². The molecule has 29 heavy (non-hydrogen) atoms. The number of nitrogens with zero attached hydrogens (tertiary/aromatic N) is 2. The van der Waals surface area contributed by atoms with Gasteiger partial charge in [0.05, 0.1) is 6.04 Å². The van der Waals surface area contributed by atoms with Gasteiger partial charge >= 0.3 is 0 Å². The van der Waals surface area contributed by atoms with Gasteiger partial charge in [-0.05, 0) is 93.4 Å². The first-order valence-electron chi connectivity index (χ1n) is 11.4. The van der Waals surface area contributed by atoms with E-state index in [1.54, 1.807) is 0 Å². The largest absolute Gasteiger partial charge is 0.456 e. The van der Waals surface area contributed by atoms with Crippen molar-refractivity contribution in [3.05, 3.63) is 59.5 Å². The molecule has 0 saturated heterocycles. The van der Waals surface area contributed by atoms with Gasteiger partial charge in [-0.25, -0.2) is 0 Å². The Labute approximate surface area is 172 Å². The number of fused-ring (bicyclic) bond motifs is 3. The van der Waals surface area contributed by atoms with Crippen molar-refractivity contribution in [1.82, 2.24) is 4.98 Å². The van der Waals surface area contributed by atoms with Crippen LogP contribution in [-0.2, 0) is 5.54 Å². The molecule has 5 aliphatic rings. The van der Waals surface area contributed by atoms with Gasteiger partial charge in [-0.2, -0.15) is 0 Å². The summed E-state index contributed by atoms with van der Waals surface area (Å²) in [5, 5.41) is 0. The number of hydrogen-bond acceptors (Lipinski definition) is 3. The summed E-state index contributed by atoms with van der Waals surface area (Å²) in [4.78, 5) is 7.58. The molecular weight excluding hydrogens is 356 g/mol. The summed E-state index contributed by atoms with van der Waals surface area (Å²) in [5.41, 5.74) is 6.19. The Balaban J connectivity index is 1.54. The summed E-state index contributed by atoms with van der Waals surface area (Å²) in [6.45, 7) is 4.65. The Bertz CT molecular complexity index is 1100. The second-order valence-corrected chi connectivity index (χ2v) is 10.2. The molecule has 0 amide bonds. The minimum atomic E-state index is 0.00891. The zero-order chi connectivity index (χ0) is 19.3. The average Bonchev–Trinajstić information content (AvgIpc) is 3.21. The van der Waals surface area contributed by atoms with E-state index < -0.39 is 0 Å². The minimum Gasteiger partial charge on any atom is -0.456 e. The predicted molar refractivity (Wildman–Crippen MR) is 115 cm³/mol. The van der Waals surface area contributed by atoms with Gasteiger partial charge in [0, 0.05) is 17.4 Å². The van der Waals surface area contributed by atoms with Crippen LogP contribution in [0.1, 0.15) is 62.0 Å². The van der Waals surface area contributed by atoms with E-state index in [-0.39, 0.29) is 5.54 Å². The molecule has 4 aliphatic carbocycles. The lowest BCUT2D eigenvalue weighted by Crippen LogP contribution is -2.62. The molecule has 4 saturated carbocycles. The van der Waals surface area contributed by atoms with Gasteiger partial charge in [0.1, 0.15) is 16.8 Å². The first kappa shape index (κ1) is 16.5. The number of benzene rings is 1. The van der Waals surface area contributed by atoms with Crippen molar-refractivity contribution in [1.29, 1.82) is 0 Å². The third-order valence-electron chi connectivity index (χ3n) is 8.81. The Morgan fingerprint density at radius 3 is 2.41 bits per heavy atom. The molecule has 8 rings (SSSR count). The third-order valence-corrected chi connectivity index (χ3v) is 8.81. The first-order valence-corrected chi connectivity index (χ1v) is 11.4. The molecule has 3 heteroatoms. The van der Waals surface area contributed by atoms with Crippen LogP contribution in [-0.4, -0.2) is 4.98 Å². The van der Waals surface area contributed by atoms with Gasteiger partial charge in [-0.1, -0.05) is 18.2 Å². The standard InChI is InChI=1S/C26H28N2O/c1-15-6-3-4-7-21(15)28-16(2)23-24-22(8-5-9-27-24)29-25(23)26(28)19-11-17-10-18(13-19)14-20(26)12-17/h3-9,16-20H,10-14H2,1-2H3/t16-,17?,18?,19?,20?,26?/m0/s1. The maximum absolute atomic E-state index is 6.75. The molecule has 1 aromatic carbocycles. The SMILES string of the molecule is Cc1ccccc1N1[C@@H](C)c2c(oc3cccnc23)C12C1CC3CC(C1)CC2C3. The van der Waals surface area contributed by atoms with Crippen LogP contribution in [0, 0.1) is 30.6 Å². The van der Waals surface area contributed by atoms with Crippen LogP contribution in [0.15, 0.2) is 47.0 Å². The molecule has 0 N–H and O–H groups in total. The molecule has 2 aromatic heterocycles. The van der Waals surface area contributed by atoms with E-state index in [2.05, 4.69) is 49.1 Å². The number of furan rings is 1. The number of hydrogen-bond donors (Lipinski definition) is 0. The summed E-state index contributed by atoms with van der Waals surface area (Å²) >= 11 is 0. The fourth-order valence-electron chi connectivity index (χ4n) is 8.10. The topological polar surface area (TPSA) is 29.3 Å². The van der Waals surface area contributed by atoms with Crippen molar-refractivity contribution < 1.29 is 4.42 Å². The highest BCUT2D eigenvalue weighted by Gasteiger charge is 2.67. The molecule has 3 aromatic rings. The first-order chi connectivity index (χ1) is 14.2. The minimum absolute atomic E-state index is 0.00891. The summed E-state index contributed by atoms with van der Waals surface area (Å²) < 4.78 is 6.75. The second kappa shape index (κ2) is 5.44. The fraction of sp³-hybridized carbons (Fsp3) is 0.500.